The molecule has 3 aromatic carbocycles. The molecule has 1 saturated carbocycles. The smallest absolute Gasteiger partial charge is 0.235 e. The molecule has 3 aromatic rings. The number of nitrogens with one attached hydrogen (secondary N) is 2. The number of hydrogen-bond donors (Lipinski definition) is 3. The molecule has 1 aliphatic rings. The molecule has 4 rings (SSSR count). The quantitative estimate of drug-likeness (QED) is 0.113. The largest absolute Gasteiger partial charge is 0.493 e. The summed E-state index contributed by atoms with van der Waals surface area (Å²) in [6.07, 6.45) is 3.75. The Hall–Kier alpha value is -4.57. The lowest BCUT2D eigenvalue weighted by molar-refractivity contribution is -0.150. The van der Waals surface area contributed by atoms with Crippen LogP contribution in [0.15, 0.2) is 66.7 Å². The van der Waals surface area contributed by atoms with Crippen LogP contribution < -0.4 is 29.6 Å². The number of benzene rings is 3. The Bertz CT molecular complexity index is 1560. The maximum atomic E-state index is 14.3. The van der Waals surface area contributed by atoms with Crippen molar-refractivity contribution in [2.24, 2.45) is 11.8 Å². The van der Waals surface area contributed by atoms with E-state index in [4.69, 9.17) is 18.9 Å². The first-order valence-electron chi connectivity index (χ1n) is 16.8. The number of hydrogen-bond acceptors (Lipinski definition) is 8. The van der Waals surface area contributed by atoms with Gasteiger partial charge in [-0.15, -0.1) is 0 Å². The van der Waals surface area contributed by atoms with E-state index in [1.165, 1.54) is 14.0 Å². The highest BCUT2D eigenvalue weighted by atomic mass is 16.5. The van der Waals surface area contributed by atoms with Crippen LogP contribution in [-0.4, -0.2) is 55.2 Å². The van der Waals surface area contributed by atoms with Gasteiger partial charge < -0.3 is 34.7 Å². The van der Waals surface area contributed by atoms with Gasteiger partial charge >= 0.3 is 0 Å². The van der Waals surface area contributed by atoms with Crippen molar-refractivity contribution in [1.82, 2.24) is 0 Å². The summed E-state index contributed by atoms with van der Waals surface area (Å²) in [7, 11) is 1.51. The van der Waals surface area contributed by atoms with Crippen molar-refractivity contribution in [3.63, 3.8) is 0 Å². The Labute approximate surface area is 283 Å². The fourth-order valence-corrected chi connectivity index (χ4v) is 6.34. The second kappa shape index (κ2) is 17.0. The zero-order valence-corrected chi connectivity index (χ0v) is 28.5. The summed E-state index contributed by atoms with van der Waals surface area (Å²) in [5, 5.41) is 17.6. The minimum Gasteiger partial charge on any atom is -0.493 e. The topological polar surface area (TPSA) is 132 Å². The van der Waals surface area contributed by atoms with Gasteiger partial charge in [0.15, 0.2) is 11.5 Å². The number of methoxy groups -OCH3 is 1. The van der Waals surface area contributed by atoms with Crippen LogP contribution >= 0.6 is 0 Å². The highest BCUT2D eigenvalue weighted by Gasteiger charge is 2.56. The van der Waals surface area contributed by atoms with Gasteiger partial charge in [-0.2, -0.15) is 0 Å². The standard InChI is InChI=1S/C38H48N2O8/c1-6-9-10-15-22-48-31-21-20-25(23-32(31)45-5)33-34(36(42)39-26-16-11-13-18-29(26)46-7-2)28(41)24-38(4,44)35(33)37(43)40-27-17-12-14-19-30(27)47-8-3/h11-14,16-21,23,33-35,44H,6-10,15,22,24H2,1-5H3,(H,39,42)(H,40,43). The number of rotatable bonds is 16. The van der Waals surface area contributed by atoms with Gasteiger partial charge in [-0.05, 0) is 69.2 Å². The molecule has 258 valence electrons. The molecule has 10 heteroatoms. The van der Waals surface area contributed by atoms with Crippen molar-refractivity contribution in [2.75, 3.05) is 37.6 Å². The van der Waals surface area contributed by atoms with E-state index in [-0.39, 0.29) is 0 Å². The number of ether oxygens (including phenoxy) is 4. The highest BCUT2D eigenvalue weighted by Crippen LogP contribution is 2.48. The maximum absolute atomic E-state index is 14.3. The molecule has 1 fully saturated rings. The van der Waals surface area contributed by atoms with Crippen LogP contribution in [0.3, 0.4) is 0 Å². The molecule has 4 unspecified atom stereocenters. The molecule has 1 aliphatic carbocycles. The Morgan fingerprint density at radius 3 is 1.98 bits per heavy atom. The minimum absolute atomic E-state index is 0.374. The SMILES string of the molecule is CCCCCCOc1ccc(C2C(C(=O)Nc3ccccc3OCC)C(=O)CC(C)(O)C2C(=O)Nc2ccccc2OCC)cc1OC. The molecule has 0 aliphatic heterocycles. The van der Waals surface area contributed by atoms with Gasteiger partial charge in [-0.1, -0.05) is 56.5 Å². The first-order valence-corrected chi connectivity index (χ1v) is 16.8. The highest BCUT2D eigenvalue weighted by molar-refractivity contribution is 6.11. The van der Waals surface area contributed by atoms with Crippen LogP contribution in [0.2, 0.25) is 0 Å². The average Bonchev–Trinajstić information content (AvgIpc) is 3.05. The molecule has 10 nitrogen and oxygen atoms in total. The molecular weight excluding hydrogens is 612 g/mol. The van der Waals surface area contributed by atoms with Crippen molar-refractivity contribution in [2.45, 2.75) is 71.3 Å². The molecule has 0 heterocycles. The fourth-order valence-electron chi connectivity index (χ4n) is 6.34. The van der Waals surface area contributed by atoms with Crippen LogP contribution in [0.4, 0.5) is 11.4 Å². The number of anilines is 2. The van der Waals surface area contributed by atoms with Gasteiger partial charge in [-0.3, -0.25) is 14.4 Å². The number of Topliss-reactive ketones (excluding diaryl/α,β-unsaturated/α-hetero) is 1. The number of carbonyl (C=O) groups is 3. The third-order valence-electron chi connectivity index (χ3n) is 8.55. The van der Waals surface area contributed by atoms with Crippen molar-refractivity contribution in [3.8, 4) is 23.0 Å². The van der Waals surface area contributed by atoms with Crippen molar-refractivity contribution in [3.05, 3.63) is 72.3 Å². The third-order valence-corrected chi connectivity index (χ3v) is 8.55. The predicted octanol–water partition coefficient (Wildman–Crippen LogP) is 6.77. The van der Waals surface area contributed by atoms with E-state index in [0.29, 0.717) is 59.8 Å². The zero-order chi connectivity index (χ0) is 34.7. The van der Waals surface area contributed by atoms with Crippen molar-refractivity contribution < 1.29 is 38.4 Å². The molecule has 0 saturated heterocycles. The van der Waals surface area contributed by atoms with Crippen molar-refractivity contribution in [1.29, 1.82) is 0 Å². The number of carbonyl (C=O) groups excluding carboxylic acids is 3. The van der Waals surface area contributed by atoms with Gasteiger partial charge in [0.1, 0.15) is 23.2 Å². The molecular formula is C38H48N2O8. The molecule has 3 N–H and O–H groups in total. The number of aliphatic hydroxyl groups is 1. The molecule has 48 heavy (non-hydrogen) atoms. The summed E-state index contributed by atoms with van der Waals surface area (Å²) in [4.78, 5) is 42.4. The number of unbranched alkanes of at least 4 members (excludes halogenated alkanes) is 3. The van der Waals surface area contributed by atoms with Gasteiger partial charge in [0.05, 0.1) is 49.8 Å². The summed E-state index contributed by atoms with van der Waals surface area (Å²) in [5.74, 6) is -3.51. The summed E-state index contributed by atoms with van der Waals surface area (Å²) in [6.45, 7) is 8.53. The summed E-state index contributed by atoms with van der Waals surface area (Å²) >= 11 is 0. The molecule has 4 atom stereocenters. The minimum atomic E-state index is -1.80. The monoisotopic (exact) mass is 660 g/mol. The van der Waals surface area contributed by atoms with E-state index in [2.05, 4.69) is 17.6 Å². The fraction of sp³-hybridized carbons (Fsp3) is 0.447. The predicted molar refractivity (Wildman–Crippen MR) is 185 cm³/mol. The van der Waals surface area contributed by atoms with Crippen LogP contribution in [0.5, 0.6) is 23.0 Å². The van der Waals surface area contributed by atoms with E-state index < -0.39 is 47.4 Å². The Balaban J connectivity index is 1.78. The van der Waals surface area contributed by atoms with Crippen LogP contribution in [0.1, 0.15) is 71.3 Å². The van der Waals surface area contributed by atoms with Crippen LogP contribution in [0, 0.1) is 11.8 Å². The molecule has 0 radical (unpaired) electrons. The first kappa shape index (κ1) is 36.3. The Kier molecular flexibility index (Phi) is 12.9. The number of para-hydroxylation sites is 4. The lowest BCUT2D eigenvalue weighted by Gasteiger charge is -2.44. The number of amides is 2. The maximum Gasteiger partial charge on any atom is 0.235 e. The molecule has 2 amide bonds. The van der Waals surface area contributed by atoms with Gasteiger partial charge in [0.25, 0.3) is 0 Å². The average molecular weight is 661 g/mol. The van der Waals surface area contributed by atoms with Crippen molar-refractivity contribution >= 4 is 29.0 Å². The van der Waals surface area contributed by atoms with E-state index >= 15 is 0 Å². The van der Waals surface area contributed by atoms with Crippen LogP contribution in [-0.2, 0) is 14.4 Å². The third kappa shape index (κ3) is 8.66. The van der Waals surface area contributed by atoms with Gasteiger partial charge in [0, 0.05) is 12.3 Å². The second-order valence-electron chi connectivity index (χ2n) is 12.1. The molecule has 0 aromatic heterocycles. The van der Waals surface area contributed by atoms with Gasteiger partial charge in [0.2, 0.25) is 11.8 Å². The van der Waals surface area contributed by atoms with E-state index in [0.717, 1.165) is 25.7 Å². The molecule has 0 spiro atoms. The number of ketones is 1. The second-order valence-corrected chi connectivity index (χ2v) is 12.1. The van der Waals surface area contributed by atoms with E-state index in [1.54, 1.807) is 66.7 Å². The van der Waals surface area contributed by atoms with E-state index in [9.17, 15) is 19.5 Å². The Morgan fingerprint density at radius 2 is 1.40 bits per heavy atom. The lowest BCUT2D eigenvalue weighted by Crippen LogP contribution is -2.56. The molecule has 0 bridgehead atoms. The van der Waals surface area contributed by atoms with Crippen LogP contribution in [0.25, 0.3) is 0 Å². The normalized spacial score (nSPS) is 20.5. The lowest BCUT2D eigenvalue weighted by atomic mass is 9.61. The van der Waals surface area contributed by atoms with Gasteiger partial charge in [-0.25, -0.2) is 0 Å². The summed E-state index contributed by atoms with van der Waals surface area (Å²) < 4.78 is 23.2. The summed E-state index contributed by atoms with van der Waals surface area (Å²) in [5.41, 5.74) is -0.528. The zero-order valence-electron chi connectivity index (χ0n) is 28.5. The van der Waals surface area contributed by atoms with E-state index in [1.807, 2.05) is 13.8 Å². The first-order chi connectivity index (χ1) is 23.1. The summed E-state index contributed by atoms with van der Waals surface area (Å²) in [6, 6.07) is 19.1. The Morgan fingerprint density at radius 1 is 0.792 bits per heavy atom.